The molecule has 0 aliphatic heterocycles. The summed E-state index contributed by atoms with van der Waals surface area (Å²) in [6, 6.07) is 5.95. The highest BCUT2D eigenvalue weighted by Crippen LogP contribution is 2.22. The van der Waals surface area contributed by atoms with Crippen molar-refractivity contribution in [3.63, 3.8) is 0 Å². The number of pyridine rings is 1. The van der Waals surface area contributed by atoms with E-state index >= 15 is 0 Å². The number of nitrogens with zero attached hydrogens (tertiary/aromatic N) is 3. The SMILES string of the molecule is CCN(C(=O)NCC(=O)N(C)CCc1ccccn1)C1CCCCC1. The molecule has 0 aromatic carbocycles. The Labute approximate surface area is 150 Å². The Morgan fingerprint density at radius 3 is 2.64 bits per heavy atom. The predicted octanol–water partition coefficient (Wildman–Crippen LogP) is 2.45. The maximum atomic E-state index is 12.4. The van der Waals surface area contributed by atoms with Crippen molar-refractivity contribution < 1.29 is 9.59 Å². The van der Waals surface area contributed by atoms with Crippen molar-refractivity contribution in [2.24, 2.45) is 0 Å². The van der Waals surface area contributed by atoms with E-state index in [9.17, 15) is 9.59 Å². The molecular weight excluding hydrogens is 316 g/mol. The summed E-state index contributed by atoms with van der Waals surface area (Å²) in [5, 5.41) is 2.79. The monoisotopic (exact) mass is 346 g/mol. The summed E-state index contributed by atoms with van der Waals surface area (Å²) >= 11 is 0. The van der Waals surface area contributed by atoms with Gasteiger partial charge in [-0.3, -0.25) is 9.78 Å². The van der Waals surface area contributed by atoms with Gasteiger partial charge in [0.1, 0.15) is 0 Å². The molecule has 1 saturated carbocycles. The van der Waals surface area contributed by atoms with Gasteiger partial charge in [0.05, 0.1) is 6.54 Å². The first-order chi connectivity index (χ1) is 12.1. The van der Waals surface area contributed by atoms with Gasteiger partial charge in [-0.2, -0.15) is 0 Å². The molecule has 1 aliphatic carbocycles. The Morgan fingerprint density at radius 2 is 2.00 bits per heavy atom. The minimum absolute atomic E-state index is 0.0424. The average Bonchev–Trinajstić information content (AvgIpc) is 2.66. The number of hydrogen-bond acceptors (Lipinski definition) is 3. The van der Waals surface area contributed by atoms with Crippen molar-refractivity contribution in [2.45, 2.75) is 51.5 Å². The van der Waals surface area contributed by atoms with E-state index in [4.69, 9.17) is 0 Å². The molecule has 0 saturated heterocycles. The molecule has 1 N–H and O–H groups in total. The standard InChI is InChI=1S/C19H30N4O2/c1-3-23(17-10-5-4-6-11-17)19(25)21-15-18(24)22(2)14-12-16-9-7-8-13-20-16/h7-9,13,17H,3-6,10-12,14-15H2,1-2H3,(H,21,25). The zero-order valence-electron chi connectivity index (χ0n) is 15.4. The molecule has 1 fully saturated rings. The molecule has 1 aliphatic rings. The summed E-state index contributed by atoms with van der Waals surface area (Å²) in [6.07, 6.45) is 8.23. The Bertz CT molecular complexity index is 544. The summed E-state index contributed by atoms with van der Waals surface area (Å²) in [4.78, 5) is 32.4. The van der Waals surface area contributed by atoms with E-state index in [0.29, 0.717) is 25.6 Å². The van der Waals surface area contributed by atoms with Gasteiger partial charge in [-0.1, -0.05) is 25.3 Å². The summed E-state index contributed by atoms with van der Waals surface area (Å²) in [5.74, 6) is -0.0796. The van der Waals surface area contributed by atoms with Gasteiger partial charge in [-0.25, -0.2) is 4.79 Å². The van der Waals surface area contributed by atoms with Crippen LogP contribution in [-0.4, -0.2) is 59.4 Å². The summed E-state index contributed by atoms with van der Waals surface area (Å²) in [6.45, 7) is 3.31. The number of likely N-dealkylation sites (N-methyl/N-ethyl adjacent to an activating group) is 1. The van der Waals surface area contributed by atoms with Crippen LogP contribution >= 0.6 is 0 Å². The van der Waals surface area contributed by atoms with E-state index in [2.05, 4.69) is 10.3 Å². The van der Waals surface area contributed by atoms with E-state index < -0.39 is 0 Å². The molecule has 3 amide bonds. The summed E-state index contributed by atoms with van der Waals surface area (Å²) < 4.78 is 0. The molecule has 0 radical (unpaired) electrons. The largest absolute Gasteiger partial charge is 0.344 e. The van der Waals surface area contributed by atoms with Crippen molar-refractivity contribution in [1.29, 1.82) is 0 Å². The van der Waals surface area contributed by atoms with Crippen LogP contribution < -0.4 is 5.32 Å². The lowest BCUT2D eigenvalue weighted by molar-refractivity contribution is -0.128. The third-order valence-electron chi connectivity index (χ3n) is 4.86. The van der Waals surface area contributed by atoms with Crippen molar-refractivity contribution in [3.05, 3.63) is 30.1 Å². The number of rotatable bonds is 7. The molecule has 1 aromatic rings. The number of urea groups is 1. The van der Waals surface area contributed by atoms with Crippen LogP contribution in [0.15, 0.2) is 24.4 Å². The molecule has 138 valence electrons. The summed E-state index contributed by atoms with van der Waals surface area (Å²) in [7, 11) is 1.76. The minimum Gasteiger partial charge on any atom is -0.344 e. The van der Waals surface area contributed by atoms with Crippen LogP contribution in [0.1, 0.15) is 44.7 Å². The lowest BCUT2D eigenvalue weighted by Crippen LogP contribution is -2.49. The highest BCUT2D eigenvalue weighted by atomic mass is 16.2. The van der Waals surface area contributed by atoms with Crippen molar-refractivity contribution in [3.8, 4) is 0 Å². The molecule has 0 unspecified atom stereocenters. The van der Waals surface area contributed by atoms with E-state index in [-0.39, 0.29) is 18.5 Å². The van der Waals surface area contributed by atoms with Crippen molar-refractivity contribution in [2.75, 3.05) is 26.7 Å². The van der Waals surface area contributed by atoms with Crippen LogP contribution in [0.3, 0.4) is 0 Å². The predicted molar refractivity (Wildman–Crippen MR) is 98.2 cm³/mol. The zero-order chi connectivity index (χ0) is 18.1. The van der Waals surface area contributed by atoms with Gasteiger partial charge in [-0.05, 0) is 31.9 Å². The average molecular weight is 346 g/mol. The number of amides is 3. The molecule has 6 nitrogen and oxygen atoms in total. The number of carbonyl (C=O) groups excluding carboxylic acids is 2. The quantitative estimate of drug-likeness (QED) is 0.825. The van der Waals surface area contributed by atoms with Gasteiger partial charge in [0, 0.05) is 44.5 Å². The molecule has 0 bridgehead atoms. The van der Waals surface area contributed by atoms with Crippen LogP contribution in [0.2, 0.25) is 0 Å². The first-order valence-electron chi connectivity index (χ1n) is 9.30. The fourth-order valence-corrected chi connectivity index (χ4v) is 3.30. The zero-order valence-corrected chi connectivity index (χ0v) is 15.4. The lowest BCUT2D eigenvalue weighted by Gasteiger charge is -2.33. The molecular formula is C19H30N4O2. The first kappa shape index (κ1) is 19.2. The molecule has 0 spiro atoms. The number of nitrogens with one attached hydrogen (secondary N) is 1. The van der Waals surface area contributed by atoms with E-state index in [1.165, 1.54) is 19.3 Å². The second-order valence-corrected chi connectivity index (χ2v) is 6.62. The lowest BCUT2D eigenvalue weighted by atomic mass is 9.94. The van der Waals surface area contributed by atoms with Gasteiger partial charge in [-0.15, -0.1) is 0 Å². The highest BCUT2D eigenvalue weighted by molar-refractivity contribution is 5.84. The molecule has 6 heteroatoms. The topological polar surface area (TPSA) is 65.5 Å². The van der Waals surface area contributed by atoms with Crippen molar-refractivity contribution >= 4 is 11.9 Å². The third kappa shape index (κ3) is 6.03. The Balaban J connectivity index is 1.74. The number of carbonyl (C=O) groups is 2. The second kappa shape index (κ2) is 10.0. The number of aromatic nitrogens is 1. The Kier molecular flexibility index (Phi) is 7.70. The van der Waals surface area contributed by atoms with Crippen LogP contribution in [-0.2, 0) is 11.2 Å². The second-order valence-electron chi connectivity index (χ2n) is 6.62. The van der Waals surface area contributed by atoms with E-state index in [0.717, 1.165) is 18.5 Å². The van der Waals surface area contributed by atoms with E-state index in [1.807, 2.05) is 30.0 Å². The fraction of sp³-hybridized carbons (Fsp3) is 0.632. The van der Waals surface area contributed by atoms with Gasteiger partial charge >= 0.3 is 6.03 Å². The molecule has 0 atom stereocenters. The van der Waals surface area contributed by atoms with Crippen LogP contribution in [0.25, 0.3) is 0 Å². The van der Waals surface area contributed by atoms with Gasteiger partial charge in [0.25, 0.3) is 0 Å². The Hall–Kier alpha value is -2.11. The molecule has 25 heavy (non-hydrogen) atoms. The minimum atomic E-state index is -0.124. The maximum absolute atomic E-state index is 12.4. The van der Waals surface area contributed by atoms with Crippen molar-refractivity contribution in [1.82, 2.24) is 20.1 Å². The van der Waals surface area contributed by atoms with Gasteiger partial charge in [0.2, 0.25) is 5.91 Å². The van der Waals surface area contributed by atoms with Gasteiger partial charge < -0.3 is 15.1 Å². The van der Waals surface area contributed by atoms with Crippen LogP contribution in [0, 0.1) is 0 Å². The molecule has 1 aromatic heterocycles. The molecule has 1 heterocycles. The van der Waals surface area contributed by atoms with E-state index in [1.54, 1.807) is 18.1 Å². The Morgan fingerprint density at radius 1 is 1.24 bits per heavy atom. The van der Waals surface area contributed by atoms with Crippen LogP contribution in [0.4, 0.5) is 4.79 Å². The maximum Gasteiger partial charge on any atom is 0.318 e. The molecule has 2 rings (SSSR count). The first-order valence-corrected chi connectivity index (χ1v) is 9.30. The highest BCUT2D eigenvalue weighted by Gasteiger charge is 2.24. The third-order valence-corrected chi connectivity index (χ3v) is 4.86. The normalized spacial score (nSPS) is 14.8. The van der Waals surface area contributed by atoms with Gasteiger partial charge in [0.15, 0.2) is 0 Å². The number of hydrogen-bond donors (Lipinski definition) is 1. The van der Waals surface area contributed by atoms with Crippen LogP contribution in [0.5, 0.6) is 0 Å². The summed E-state index contributed by atoms with van der Waals surface area (Å²) in [5.41, 5.74) is 0.959. The fourth-order valence-electron chi connectivity index (χ4n) is 3.30. The smallest absolute Gasteiger partial charge is 0.318 e.